The molecular formula is C37H74O4. The number of rotatable bonds is 35. The van der Waals surface area contributed by atoms with Crippen molar-refractivity contribution in [3.05, 3.63) is 0 Å². The lowest BCUT2D eigenvalue weighted by Crippen LogP contribution is -2.27. The second-order valence-corrected chi connectivity index (χ2v) is 12.7. The zero-order valence-electron chi connectivity index (χ0n) is 28.1. The normalized spacial score (nSPS) is 12.2. The van der Waals surface area contributed by atoms with E-state index in [9.17, 15) is 9.90 Å². The van der Waals surface area contributed by atoms with E-state index in [0.29, 0.717) is 19.6 Å². The van der Waals surface area contributed by atoms with Gasteiger partial charge in [-0.05, 0) is 12.8 Å². The molecule has 0 aromatic heterocycles. The first-order valence-electron chi connectivity index (χ1n) is 18.6. The number of hydrogen-bond acceptors (Lipinski definition) is 4. The molecule has 0 saturated carbocycles. The monoisotopic (exact) mass is 583 g/mol. The summed E-state index contributed by atoms with van der Waals surface area (Å²) < 4.78 is 11.1. The van der Waals surface area contributed by atoms with Crippen molar-refractivity contribution in [3.8, 4) is 0 Å². The lowest BCUT2D eigenvalue weighted by atomic mass is 10.0. The number of hydrogen-bond donors (Lipinski definition) is 1. The topological polar surface area (TPSA) is 55.8 Å². The Morgan fingerprint density at radius 1 is 0.488 bits per heavy atom. The largest absolute Gasteiger partial charge is 0.457 e. The smallest absolute Gasteiger partial charge is 0.306 e. The summed E-state index contributed by atoms with van der Waals surface area (Å²) in [7, 11) is 0. The number of esters is 1. The maximum Gasteiger partial charge on any atom is 0.306 e. The fourth-order valence-corrected chi connectivity index (χ4v) is 5.62. The fourth-order valence-electron chi connectivity index (χ4n) is 5.62. The fraction of sp³-hybridized carbons (Fsp3) is 0.973. The van der Waals surface area contributed by atoms with E-state index >= 15 is 0 Å². The third kappa shape index (κ3) is 33.8. The molecule has 0 rings (SSSR count). The van der Waals surface area contributed by atoms with Crippen molar-refractivity contribution in [2.75, 3.05) is 19.8 Å². The first-order chi connectivity index (χ1) is 20.2. The Morgan fingerprint density at radius 3 is 1.15 bits per heavy atom. The second kappa shape index (κ2) is 35.6. The highest BCUT2D eigenvalue weighted by Crippen LogP contribution is 2.15. The van der Waals surface area contributed by atoms with Gasteiger partial charge >= 0.3 is 5.97 Å². The van der Waals surface area contributed by atoms with E-state index in [4.69, 9.17) is 9.47 Å². The van der Waals surface area contributed by atoms with Gasteiger partial charge in [0.25, 0.3) is 0 Å². The van der Waals surface area contributed by atoms with Crippen LogP contribution in [0.3, 0.4) is 0 Å². The first kappa shape index (κ1) is 40.4. The molecule has 0 aromatic rings. The molecule has 0 fully saturated rings. The highest BCUT2D eigenvalue weighted by Gasteiger charge is 2.13. The average Bonchev–Trinajstić information content (AvgIpc) is 2.98. The van der Waals surface area contributed by atoms with Crippen LogP contribution < -0.4 is 0 Å². The summed E-state index contributed by atoms with van der Waals surface area (Å²) in [6, 6.07) is 0. The van der Waals surface area contributed by atoms with Gasteiger partial charge in [-0.3, -0.25) is 4.79 Å². The van der Waals surface area contributed by atoms with Gasteiger partial charge < -0.3 is 14.6 Å². The lowest BCUT2D eigenvalue weighted by Gasteiger charge is -2.16. The van der Waals surface area contributed by atoms with Crippen LogP contribution in [0.15, 0.2) is 0 Å². The summed E-state index contributed by atoms with van der Waals surface area (Å²) in [5.41, 5.74) is 0. The highest BCUT2D eigenvalue weighted by atomic mass is 16.6. The molecule has 0 radical (unpaired) electrons. The van der Waals surface area contributed by atoms with Gasteiger partial charge in [-0.1, -0.05) is 187 Å². The van der Waals surface area contributed by atoms with E-state index < -0.39 is 6.10 Å². The first-order valence-corrected chi connectivity index (χ1v) is 18.6. The molecule has 0 heterocycles. The number of aliphatic hydroxyl groups excluding tert-OH is 1. The molecule has 0 bridgehead atoms. The quantitative estimate of drug-likeness (QED) is 0.0596. The Hall–Kier alpha value is -0.610. The Kier molecular flexibility index (Phi) is 35.1. The molecule has 41 heavy (non-hydrogen) atoms. The number of carbonyl (C=O) groups is 1. The van der Waals surface area contributed by atoms with Crippen LogP contribution in [-0.4, -0.2) is 37.0 Å². The van der Waals surface area contributed by atoms with E-state index in [1.165, 1.54) is 167 Å². The zero-order chi connectivity index (χ0) is 29.9. The highest BCUT2D eigenvalue weighted by molar-refractivity contribution is 5.69. The predicted octanol–water partition coefficient (Wildman–Crippen LogP) is 11.6. The molecule has 4 nitrogen and oxygen atoms in total. The van der Waals surface area contributed by atoms with E-state index in [0.717, 1.165) is 19.3 Å². The molecule has 0 saturated heterocycles. The van der Waals surface area contributed by atoms with Gasteiger partial charge in [0.2, 0.25) is 0 Å². The van der Waals surface area contributed by atoms with Crippen molar-refractivity contribution in [1.82, 2.24) is 0 Å². The van der Waals surface area contributed by atoms with Crippen molar-refractivity contribution in [1.29, 1.82) is 0 Å². The Balaban J connectivity index is 3.38. The molecule has 4 heteroatoms. The van der Waals surface area contributed by atoms with Gasteiger partial charge in [-0.15, -0.1) is 0 Å². The summed E-state index contributed by atoms with van der Waals surface area (Å²) in [4.78, 5) is 12.1. The van der Waals surface area contributed by atoms with Gasteiger partial charge in [0, 0.05) is 13.0 Å². The van der Waals surface area contributed by atoms with Gasteiger partial charge in [0.1, 0.15) is 6.10 Å². The minimum Gasteiger partial charge on any atom is -0.457 e. The van der Waals surface area contributed by atoms with E-state index in [2.05, 4.69) is 13.8 Å². The minimum atomic E-state index is -0.523. The van der Waals surface area contributed by atoms with Gasteiger partial charge in [0.15, 0.2) is 0 Å². The number of carbonyl (C=O) groups excluding carboxylic acids is 1. The summed E-state index contributed by atoms with van der Waals surface area (Å²) in [6.07, 6.45) is 38.5. The molecule has 1 N–H and O–H groups in total. The molecule has 0 aliphatic rings. The van der Waals surface area contributed by atoms with Crippen LogP contribution in [0.1, 0.15) is 206 Å². The predicted molar refractivity (Wildman–Crippen MR) is 178 cm³/mol. The summed E-state index contributed by atoms with van der Waals surface area (Å²) in [5.74, 6) is -0.196. The molecule has 0 amide bonds. The molecular weight excluding hydrogens is 508 g/mol. The van der Waals surface area contributed by atoms with Crippen molar-refractivity contribution in [2.45, 2.75) is 213 Å². The van der Waals surface area contributed by atoms with E-state index in [-0.39, 0.29) is 12.6 Å². The maximum atomic E-state index is 12.1. The van der Waals surface area contributed by atoms with Gasteiger partial charge in [-0.2, -0.15) is 0 Å². The third-order valence-electron chi connectivity index (χ3n) is 8.43. The van der Waals surface area contributed by atoms with E-state index in [1.807, 2.05) is 0 Å². The molecule has 0 aliphatic heterocycles. The Morgan fingerprint density at radius 2 is 0.805 bits per heavy atom. The third-order valence-corrected chi connectivity index (χ3v) is 8.43. The van der Waals surface area contributed by atoms with Crippen LogP contribution in [-0.2, 0) is 14.3 Å². The van der Waals surface area contributed by atoms with Crippen LogP contribution >= 0.6 is 0 Å². The SMILES string of the molecule is CCCCCCCCCCCCCCCCCC(=O)O[C@@H](CO)COCCCCCCCCCCCCCCCC. The molecule has 0 spiro atoms. The number of aliphatic hydroxyl groups is 1. The second-order valence-electron chi connectivity index (χ2n) is 12.7. The summed E-state index contributed by atoms with van der Waals surface area (Å²) >= 11 is 0. The molecule has 0 aromatic carbocycles. The zero-order valence-corrected chi connectivity index (χ0v) is 28.1. The molecule has 246 valence electrons. The molecule has 0 aliphatic carbocycles. The van der Waals surface area contributed by atoms with Crippen molar-refractivity contribution >= 4 is 5.97 Å². The Bertz CT molecular complexity index is 495. The van der Waals surface area contributed by atoms with Crippen molar-refractivity contribution in [3.63, 3.8) is 0 Å². The van der Waals surface area contributed by atoms with Crippen LogP contribution in [0.25, 0.3) is 0 Å². The minimum absolute atomic E-state index is 0.163. The number of ether oxygens (including phenoxy) is 2. The van der Waals surface area contributed by atoms with Crippen LogP contribution in [0, 0.1) is 0 Å². The standard InChI is InChI=1S/C37H74O4/c1-3-5-7-9-11-13-15-17-19-20-22-24-26-28-30-32-37(39)41-36(34-38)35-40-33-31-29-27-25-23-21-18-16-14-12-10-8-6-4-2/h36,38H,3-35H2,1-2H3/t36-/m0/s1. The van der Waals surface area contributed by atoms with Gasteiger partial charge in [-0.25, -0.2) is 0 Å². The van der Waals surface area contributed by atoms with Crippen LogP contribution in [0.2, 0.25) is 0 Å². The average molecular weight is 583 g/mol. The van der Waals surface area contributed by atoms with Crippen LogP contribution in [0.4, 0.5) is 0 Å². The molecule has 0 unspecified atom stereocenters. The van der Waals surface area contributed by atoms with E-state index in [1.54, 1.807) is 0 Å². The van der Waals surface area contributed by atoms with Crippen LogP contribution in [0.5, 0.6) is 0 Å². The van der Waals surface area contributed by atoms with Gasteiger partial charge in [0.05, 0.1) is 13.2 Å². The van der Waals surface area contributed by atoms with Crippen molar-refractivity contribution in [2.24, 2.45) is 0 Å². The number of unbranched alkanes of at least 4 members (excludes halogenated alkanes) is 27. The summed E-state index contributed by atoms with van der Waals surface area (Å²) in [5, 5.41) is 9.55. The summed E-state index contributed by atoms with van der Waals surface area (Å²) in [6.45, 7) is 5.38. The molecule has 1 atom stereocenters. The maximum absolute atomic E-state index is 12.1. The lowest BCUT2D eigenvalue weighted by molar-refractivity contribution is -0.154. The van der Waals surface area contributed by atoms with Crippen molar-refractivity contribution < 1.29 is 19.4 Å². The Labute approximate surface area is 257 Å².